The second-order valence-electron chi connectivity index (χ2n) is 8.48. The molecule has 0 saturated heterocycles. The van der Waals surface area contributed by atoms with E-state index in [1.165, 1.54) is 11.1 Å². The molecule has 7 heteroatoms. The molecule has 3 rings (SSSR count). The van der Waals surface area contributed by atoms with Gasteiger partial charge in [-0.15, -0.1) is 24.0 Å². The number of nitrogens with zero attached hydrogens (tertiary/aromatic N) is 3. The summed E-state index contributed by atoms with van der Waals surface area (Å²) in [5.41, 5.74) is 3.93. The molecule has 1 aliphatic rings. The minimum absolute atomic E-state index is 0. The van der Waals surface area contributed by atoms with E-state index in [4.69, 9.17) is 4.52 Å². The van der Waals surface area contributed by atoms with Crippen molar-refractivity contribution in [2.24, 2.45) is 10.9 Å². The van der Waals surface area contributed by atoms with E-state index in [2.05, 4.69) is 77.6 Å². The summed E-state index contributed by atoms with van der Waals surface area (Å²) in [5, 5.41) is 11.0. The van der Waals surface area contributed by atoms with Crippen molar-refractivity contribution in [3.8, 4) is 0 Å². The predicted octanol–water partition coefficient (Wildman–Crippen LogP) is 4.16. The standard InChI is InChI=1S/C23H35N5O.HI/c1-16(2)21-12-20(29-27-21)13-25-23(24-5)26-14-22(17(3)4)28-11-10-18-8-6-7-9-19(18)15-28;/h6-9,12,16-17,22H,10-11,13-15H2,1-5H3,(H2,24,25,26);1H. The Labute approximate surface area is 197 Å². The lowest BCUT2D eigenvalue weighted by Gasteiger charge is -2.38. The molecule has 1 aromatic carbocycles. The van der Waals surface area contributed by atoms with Crippen LogP contribution < -0.4 is 10.6 Å². The van der Waals surface area contributed by atoms with Gasteiger partial charge in [0.2, 0.25) is 0 Å². The maximum atomic E-state index is 5.41. The van der Waals surface area contributed by atoms with Crippen LogP contribution in [0.15, 0.2) is 39.8 Å². The number of halogens is 1. The number of hydrogen-bond donors (Lipinski definition) is 2. The van der Waals surface area contributed by atoms with Crippen LogP contribution >= 0.6 is 24.0 Å². The van der Waals surface area contributed by atoms with Gasteiger partial charge in [0.25, 0.3) is 0 Å². The fraction of sp³-hybridized carbons (Fsp3) is 0.565. The predicted molar refractivity (Wildman–Crippen MR) is 133 cm³/mol. The molecular weight excluding hydrogens is 489 g/mol. The lowest BCUT2D eigenvalue weighted by atomic mass is 9.95. The fourth-order valence-electron chi connectivity index (χ4n) is 3.86. The molecule has 0 saturated carbocycles. The third kappa shape index (κ3) is 6.44. The van der Waals surface area contributed by atoms with Crippen LogP contribution in [0.2, 0.25) is 0 Å². The molecule has 2 aromatic rings. The molecular formula is C23H36IN5O. The molecule has 1 aromatic heterocycles. The average molecular weight is 525 g/mol. The quantitative estimate of drug-likeness (QED) is 0.323. The first-order chi connectivity index (χ1) is 14.0. The van der Waals surface area contributed by atoms with Crippen LogP contribution in [0.25, 0.3) is 0 Å². The molecule has 0 fully saturated rings. The molecule has 0 radical (unpaired) electrons. The molecule has 1 aliphatic heterocycles. The second kappa shape index (κ2) is 11.7. The van der Waals surface area contributed by atoms with Crippen LogP contribution in [0.1, 0.15) is 56.2 Å². The summed E-state index contributed by atoms with van der Waals surface area (Å²) in [6, 6.07) is 11.3. The first kappa shape index (κ1) is 24.7. The number of guanidine groups is 1. The molecule has 1 atom stereocenters. The van der Waals surface area contributed by atoms with Crippen molar-refractivity contribution < 1.29 is 4.52 Å². The number of rotatable bonds is 7. The van der Waals surface area contributed by atoms with E-state index < -0.39 is 0 Å². The van der Waals surface area contributed by atoms with Gasteiger partial charge >= 0.3 is 0 Å². The Bertz CT molecular complexity index is 817. The smallest absolute Gasteiger partial charge is 0.191 e. The topological polar surface area (TPSA) is 65.7 Å². The molecule has 0 bridgehead atoms. The summed E-state index contributed by atoms with van der Waals surface area (Å²) in [6.07, 6.45) is 1.12. The zero-order valence-corrected chi connectivity index (χ0v) is 21.1. The molecule has 2 heterocycles. The number of hydrogen-bond acceptors (Lipinski definition) is 4. The van der Waals surface area contributed by atoms with E-state index in [0.29, 0.717) is 24.4 Å². The Morgan fingerprint density at radius 3 is 2.53 bits per heavy atom. The summed E-state index contributed by atoms with van der Waals surface area (Å²) in [5.74, 6) is 2.53. The first-order valence-electron chi connectivity index (χ1n) is 10.7. The van der Waals surface area contributed by atoms with Crippen LogP contribution in [0.4, 0.5) is 0 Å². The van der Waals surface area contributed by atoms with Gasteiger partial charge in [-0.25, -0.2) is 0 Å². The van der Waals surface area contributed by atoms with Crippen LogP contribution in [-0.2, 0) is 19.5 Å². The summed E-state index contributed by atoms with van der Waals surface area (Å²) >= 11 is 0. The van der Waals surface area contributed by atoms with E-state index in [1.807, 2.05) is 6.07 Å². The van der Waals surface area contributed by atoms with E-state index >= 15 is 0 Å². The zero-order valence-electron chi connectivity index (χ0n) is 18.8. The lowest BCUT2D eigenvalue weighted by Crippen LogP contribution is -2.50. The molecule has 2 N–H and O–H groups in total. The van der Waals surface area contributed by atoms with Crippen LogP contribution in [-0.4, -0.2) is 42.2 Å². The fourth-order valence-corrected chi connectivity index (χ4v) is 3.86. The number of fused-ring (bicyclic) bond motifs is 1. The van der Waals surface area contributed by atoms with Crippen LogP contribution in [0.3, 0.4) is 0 Å². The maximum Gasteiger partial charge on any atom is 0.191 e. The summed E-state index contributed by atoms with van der Waals surface area (Å²) in [6.45, 7) is 12.4. The molecule has 0 amide bonds. The summed E-state index contributed by atoms with van der Waals surface area (Å²) in [7, 11) is 1.80. The van der Waals surface area contributed by atoms with E-state index in [0.717, 1.165) is 43.5 Å². The monoisotopic (exact) mass is 525 g/mol. The molecule has 30 heavy (non-hydrogen) atoms. The molecule has 0 spiro atoms. The largest absolute Gasteiger partial charge is 0.359 e. The van der Waals surface area contributed by atoms with Gasteiger partial charge < -0.3 is 15.2 Å². The molecule has 1 unspecified atom stereocenters. The highest BCUT2D eigenvalue weighted by molar-refractivity contribution is 14.0. The maximum absolute atomic E-state index is 5.41. The van der Waals surface area contributed by atoms with Crippen molar-refractivity contribution in [2.45, 2.75) is 59.2 Å². The Morgan fingerprint density at radius 1 is 1.17 bits per heavy atom. The molecule has 166 valence electrons. The Morgan fingerprint density at radius 2 is 1.90 bits per heavy atom. The zero-order chi connectivity index (χ0) is 20.8. The third-order valence-electron chi connectivity index (χ3n) is 5.70. The first-order valence-corrected chi connectivity index (χ1v) is 10.7. The number of aromatic nitrogens is 1. The van der Waals surface area contributed by atoms with E-state index in [1.54, 1.807) is 7.05 Å². The minimum Gasteiger partial charge on any atom is -0.359 e. The summed E-state index contributed by atoms with van der Waals surface area (Å²) in [4.78, 5) is 6.97. The van der Waals surface area contributed by atoms with Gasteiger partial charge in [0.1, 0.15) is 0 Å². The SMILES string of the molecule is CN=C(NCc1cc(C(C)C)no1)NCC(C(C)C)N1CCc2ccccc2C1.I. The van der Waals surface area contributed by atoms with Crippen molar-refractivity contribution in [3.05, 3.63) is 52.9 Å². The Balaban J connectivity index is 0.00000320. The molecule has 0 aliphatic carbocycles. The lowest BCUT2D eigenvalue weighted by molar-refractivity contribution is 0.140. The number of nitrogens with one attached hydrogen (secondary N) is 2. The number of benzene rings is 1. The van der Waals surface area contributed by atoms with Crippen molar-refractivity contribution in [1.82, 2.24) is 20.7 Å². The van der Waals surface area contributed by atoms with Crippen molar-refractivity contribution in [3.63, 3.8) is 0 Å². The second-order valence-corrected chi connectivity index (χ2v) is 8.48. The van der Waals surface area contributed by atoms with E-state index in [-0.39, 0.29) is 24.0 Å². The normalized spacial score (nSPS) is 15.6. The van der Waals surface area contributed by atoms with Crippen molar-refractivity contribution in [2.75, 3.05) is 20.1 Å². The van der Waals surface area contributed by atoms with Crippen molar-refractivity contribution >= 4 is 29.9 Å². The van der Waals surface area contributed by atoms with Crippen molar-refractivity contribution in [1.29, 1.82) is 0 Å². The highest BCUT2D eigenvalue weighted by Crippen LogP contribution is 2.22. The van der Waals surface area contributed by atoms with Gasteiger partial charge in [0.15, 0.2) is 11.7 Å². The Kier molecular flexibility index (Phi) is 9.61. The highest BCUT2D eigenvalue weighted by atomic mass is 127. The van der Waals surface area contributed by atoms with Gasteiger partial charge in [-0.1, -0.05) is 57.1 Å². The van der Waals surface area contributed by atoms with E-state index in [9.17, 15) is 0 Å². The Hall–Kier alpha value is -1.61. The minimum atomic E-state index is 0. The van der Waals surface area contributed by atoms with Crippen LogP contribution in [0.5, 0.6) is 0 Å². The van der Waals surface area contributed by atoms with Gasteiger partial charge in [0.05, 0.1) is 12.2 Å². The highest BCUT2D eigenvalue weighted by Gasteiger charge is 2.25. The number of aliphatic imine (C=N–C) groups is 1. The van der Waals surface area contributed by atoms with Gasteiger partial charge in [-0.05, 0) is 29.4 Å². The summed E-state index contributed by atoms with van der Waals surface area (Å²) < 4.78 is 5.41. The molecule has 6 nitrogen and oxygen atoms in total. The van der Waals surface area contributed by atoms with Gasteiger partial charge in [-0.2, -0.15) is 0 Å². The van der Waals surface area contributed by atoms with Crippen LogP contribution in [0, 0.1) is 5.92 Å². The van der Waals surface area contributed by atoms with Gasteiger partial charge in [-0.3, -0.25) is 9.89 Å². The average Bonchev–Trinajstić information content (AvgIpc) is 3.19. The van der Waals surface area contributed by atoms with Gasteiger partial charge in [0, 0.05) is 38.8 Å². The third-order valence-corrected chi connectivity index (χ3v) is 5.70.